The largest absolute Gasteiger partial charge is 0.315 e. The van der Waals surface area contributed by atoms with Crippen LogP contribution in [0, 0.1) is 0 Å². The molecule has 0 amide bonds. The third-order valence-electron chi connectivity index (χ3n) is 3.11. The monoisotopic (exact) mass is 294 g/mol. The highest BCUT2D eigenvalue weighted by Crippen LogP contribution is 2.27. The number of thioether (sulfide) groups is 1. The minimum Gasteiger partial charge on any atom is -0.315 e. The summed E-state index contributed by atoms with van der Waals surface area (Å²) in [6.07, 6.45) is 1.03. The van der Waals surface area contributed by atoms with Crippen LogP contribution in [0.25, 0.3) is 0 Å². The van der Waals surface area contributed by atoms with E-state index in [1.807, 2.05) is 11.8 Å². The van der Waals surface area contributed by atoms with Crippen molar-refractivity contribution in [2.45, 2.75) is 49.9 Å². The van der Waals surface area contributed by atoms with Gasteiger partial charge in [-0.3, -0.25) is 0 Å². The third-order valence-corrected chi connectivity index (χ3v) is 6.54. The predicted octanol–water partition coefficient (Wildman–Crippen LogP) is 1.53. The molecule has 1 N–H and O–H groups in total. The Balaban J connectivity index is 2.61. The van der Waals surface area contributed by atoms with Crippen molar-refractivity contribution in [1.29, 1.82) is 0 Å². The van der Waals surface area contributed by atoms with Crippen molar-refractivity contribution in [2.75, 3.05) is 26.2 Å². The number of nitrogens with one attached hydrogen (secondary N) is 1. The van der Waals surface area contributed by atoms with E-state index in [0.717, 1.165) is 13.0 Å². The molecular formula is C12H26N2O2S2. The molecule has 0 aromatic carbocycles. The molecule has 18 heavy (non-hydrogen) atoms. The van der Waals surface area contributed by atoms with E-state index in [-0.39, 0.29) is 5.25 Å². The van der Waals surface area contributed by atoms with Crippen LogP contribution in [0.1, 0.15) is 34.1 Å². The quantitative estimate of drug-likeness (QED) is 0.755. The summed E-state index contributed by atoms with van der Waals surface area (Å²) in [5, 5.41) is 3.63. The number of rotatable bonds is 6. The molecule has 0 aromatic rings. The lowest BCUT2D eigenvalue weighted by molar-refractivity contribution is 0.397. The van der Waals surface area contributed by atoms with Gasteiger partial charge in [0.2, 0.25) is 10.0 Å². The van der Waals surface area contributed by atoms with E-state index in [9.17, 15) is 8.42 Å². The lowest BCUT2D eigenvalue weighted by Crippen LogP contribution is -2.49. The number of hydrogen-bond donors (Lipinski definition) is 1. The summed E-state index contributed by atoms with van der Waals surface area (Å²) < 4.78 is 26.6. The lowest BCUT2D eigenvalue weighted by Gasteiger charge is -2.35. The first-order chi connectivity index (χ1) is 8.37. The fourth-order valence-corrected chi connectivity index (χ4v) is 5.39. The Kier molecular flexibility index (Phi) is 6.44. The Morgan fingerprint density at radius 1 is 1.33 bits per heavy atom. The van der Waals surface area contributed by atoms with Crippen LogP contribution in [0.15, 0.2) is 0 Å². The molecule has 1 aliphatic rings. The summed E-state index contributed by atoms with van der Waals surface area (Å²) >= 11 is 1.87. The van der Waals surface area contributed by atoms with E-state index in [2.05, 4.69) is 26.1 Å². The third kappa shape index (κ3) is 4.40. The van der Waals surface area contributed by atoms with Crippen LogP contribution in [0.2, 0.25) is 0 Å². The number of nitrogens with zero attached hydrogens (tertiary/aromatic N) is 1. The molecular weight excluding hydrogens is 268 g/mol. The van der Waals surface area contributed by atoms with E-state index in [1.54, 1.807) is 11.2 Å². The highest BCUT2D eigenvalue weighted by Gasteiger charge is 2.34. The van der Waals surface area contributed by atoms with Crippen molar-refractivity contribution in [1.82, 2.24) is 9.62 Å². The number of hydrogen-bond acceptors (Lipinski definition) is 4. The molecule has 1 fully saturated rings. The zero-order chi connectivity index (χ0) is 13.8. The Hall–Kier alpha value is 0.220. The molecule has 0 spiro atoms. The summed E-state index contributed by atoms with van der Waals surface area (Å²) in [5.41, 5.74) is 0. The van der Waals surface area contributed by atoms with Gasteiger partial charge in [0.1, 0.15) is 0 Å². The molecule has 3 atom stereocenters. The fourth-order valence-electron chi connectivity index (χ4n) is 2.18. The normalized spacial score (nSPS) is 28.2. The Morgan fingerprint density at radius 3 is 2.39 bits per heavy atom. The van der Waals surface area contributed by atoms with Crippen LogP contribution >= 0.6 is 11.8 Å². The van der Waals surface area contributed by atoms with Gasteiger partial charge < -0.3 is 5.32 Å². The van der Waals surface area contributed by atoms with E-state index in [0.29, 0.717) is 30.1 Å². The lowest BCUT2D eigenvalue weighted by atomic mass is 10.4. The second-order valence-corrected chi connectivity index (χ2v) is 9.37. The van der Waals surface area contributed by atoms with Gasteiger partial charge in [0.15, 0.2) is 0 Å². The molecule has 0 bridgehead atoms. The standard InChI is InChI=1S/C12H26N2O2S2/c1-5-6-13-7-12(4)18(15,16)14-8-10(2)17-11(3)9-14/h10-13H,5-9H2,1-4H3. The predicted molar refractivity (Wildman–Crippen MR) is 79.6 cm³/mol. The maximum absolute atomic E-state index is 12.4. The van der Waals surface area contributed by atoms with Gasteiger partial charge in [-0.15, -0.1) is 0 Å². The van der Waals surface area contributed by atoms with Gasteiger partial charge in [0.25, 0.3) is 0 Å². The molecule has 108 valence electrons. The van der Waals surface area contributed by atoms with Gasteiger partial charge in [-0.05, 0) is 19.9 Å². The van der Waals surface area contributed by atoms with Crippen LogP contribution < -0.4 is 5.32 Å². The maximum atomic E-state index is 12.4. The van der Waals surface area contributed by atoms with Crippen LogP contribution in [0.3, 0.4) is 0 Å². The fraction of sp³-hybridized carbons (Fsp3) is 1.00. The van der Waals surface area contributed by atoms with Crippen LogP contribution in [0.5, 0.6) is 0 Å². The molecule has 0 radical (unpaired) electrons. The summed E-state index contributed by atoms with van der Waals surface area (Å²) in [6, 6.07) is 0. The second-order valence-electron chi connectivity index (χ2n) is 5.13. The highest BCUT2D eigenvalue weighted by molar-refractivity contribution is 8.00. The smallest absolute Gasteiger partial charge is 0.218 e. The second kappa shape index (κ2) is 7.12. The van der Waals surface area contributed by atoms with Gasteiger partial charge in [-0.2, -0.15) is 16.1 Å². The van der Waals surface area contributed by atoms with E-state index in [1.165, 1.54) is 0 Å². The first-order valence-corrected chi connectivity index (χ1v) is 9.17. The Bertz CT molecular complexity index is 336. The summed E-state index contributed by atoms with van der Waals surface area (Å²) in [5.74, 6) is 0. The molecule has 0 aromatic heterocycles. The van der Waals surface area contributed by atoms with E-state index >= 15 is 0 Å². The van der Waals surface area contributed by atoms with E-state index < -0.39 is 10.0 Å². The van der Waals surface area contributed by atoms with Gasteiger partial charge in [0, 0.05) is 30.1 Å². The van der Waals surface area contributed by atoms with Gasteiger partial charge in [-0.25, -0.2) is 8.42 Å². The van der Waals surface area contributed by atoms with Crippen molar-refractivity contribution >= 4 is 21.8 Å². The number of sulfonamides is 1. The average molecular weight is 294 g/mol. The minimum atomic E-state index is -3.15. The van der Waals surface area contributed by atoms with Crippen molar-refractivity contribution in [3.05, 3.63) is 0 Å². The zero-order valence-electron chi connectivity index (χ0n) is 11.8. The maximum Gasteiger partial charge on any atom is 0.218 e. The molecule has 4 nitrogen and oxygen atoms in total. The summed E-state index contributed by atoms with van der Waals surface area (Å²) in [7, 11) is -3.15. The summed E-state index contributed by atoms with van der Waals surface area (Å²) in [6.45, 7) is 10.8. The van der Waals surface area contributed by atoms with Gasteiger partial charge in [0.05, 0.1) is 5.25 Å². The SMILES string of the molecule is CCCNCC(C)S(=O)(=O)N1CC(C)SC(C)C1. The average Bonchev–Trinajstić information content (AvgIpc) is 2.27. The first-order valence-electron chi connectivity index (χ1n) is 6.73. The molecule has 0 saturated carbocycles. The summed E-state index contributed by atoms with van der Waals surface area (Å²) in [4.78, 5) is 0. The Labute approximate surface area is 116 Å². The van der Waals surface area contributed by atoms with Crippen molar-refractivity contribution in [3.63, 3.8) is 0 Å². The zero-order valence-corrected chi connectivity index (χ0v) is 13.5. The molecule has 1 heterocycles. The van der Waals surface area contributed by atoms with Crippen molar-refractivity contribution in [3.8, 4) is 0 Å². The van der Waals surface area contributed by atoms with Crippen LogP contribution in [-0.2, 0) is 10.0 Å². The Morgan fingerprint density at radius 2 is 1.89 bits per heavy atom. The molecule has 1 aliphatic heterocycles. The molecule has 3 unspecified atom stereocenters. The molecule has 0 aliphatic carbocycles. The topological polar surface area (TPSA) is 49.4 Å². The highest BCUT2D eigenvalue weighted by atomic mass is 32.2. The van der Waals surface area contributed by atoms with Crippen molar-refractivity contribution < 1.29 is 8.42 Å². The van der Waals surface area contributed by atoms with Crippen molar-refractivity contribution in [2.24, 2.45) is 0 Å². The molecule has 1 rings (SSSR count). The van der Waals surface area contributed by atoms with E-state index in [4.69, 9.17) is 0 Å². The van der Waals surface area contributed by atoms with Crippen LogP contribution in [0.4, 0.5) is 0 Å². The molecule has 1 saturated heterocycles. The molecule has 6 heteroatoms. The first kappa shape index (κ1) is 16.3. The van der Waals surface area contributed by atoms with Gasteiger partial charge in [-0.1, -0.05) is 20.8 Å². The minimum absolute atomic E-state index is 0.341. The van der Waals surface area contributed by atoms with Crippen LogP contribution in [-0.4, -0.2) is 54.7 Å². The van der Waals surface area contributed by atoms with Gasteiger partial charge >= 0.3 is 0 Å².